The van der Waals surface area contributed by atoms with Crippen LogP contribution in [0.25, 0.3) is 0 Å². The Hall–Kier alpha value is -1.56. The summed E-state index contributed by atoms with van der Waals surface area (Å²) >= 11 is 3.30. The molecule has 0 radical (unpaired) electrons. The monoisotopic (exact) mass is 311 g/mol. The first-order chi connectivity index (χ1) is 8.52. The Balaban J connectivity index is 2.31. The van der Waals surface area contributed by atoms with Gasteiger partial charge in [-0.3, -0.25) is 9.59 Å². The van der Waals surface area contributed by atoms with Crippen molar-refractivity contribution in [2.45, 2.75) is 18.9 Å². The molecule has 0 saturated carbocycles. The standard InChI is InChI=1S/C12H14BrN3O2/c13-10-7(3-1-4-8(10)14)12(18)16-6-2-5-9(16)11(15)17/h1,3-4,9H,2,5-6,14H2,(H2,15,17). The molecule has 6 heteroatoms. The molecule has 1 heterocycles. The molecule has 1 aliphatic heterocycles. The first kappa shape index (κ1) is 12.9. The Morgan fingerprint density at radius 2 is 2.11 bits per heavy atom. The fraction of sp³-hybridized carbons (Fsp3) is 0.333. The van der Waals surface area contributed by atoms with Crippen molar-refractivity contribution in [2.75, 3.05) is 12.3 Å². The highest BCUT2D eigenvalue weighted by molar-refractivity contribution is 9.10. The molecule has 0 bridgehead atoms. The van der Waals surface area contributed by atoms with Crippen molar-refractivity contribution in [1.29, 1.82) is 0 Å². The van der Waals surface area contributed by atoms with E-state index in [4.69, 9.17) is 11.5 Å². The van der Waals surface area contributed by atoms with Gasteiger partial charge in [0.05, 0.1) is 10.0 Å². The zero-order valence-corrected chi connectivity index (χ0v) is 11.3. The van der Waals surface area contributed by atoms with E-state index in [0.717, 1.165) is 6.42 Å². The molecular weight excluding hydrogens is 298 g/mol. The molecule has 18 heavy (non-hydrogen) atoms. The third-order valence-corrected chi connectivity index (χ3v) is 3.99. The van der Waals surface area contributed by atoms with E-state index in [1.165, 1.54) is 4.90 Å². The first-order valence-corrected chi connectivity index (χ1v) is 6.46. The number of hydrogen-bond acceptors (Lipinski definition) is 3. The van der Waals surface area contributed by atoms with Crippen LogP contribution in [0.2, 0.25) is 0 Å². The molecule has 1 atom stereocenters. The van der Waals surface area contributed by atoms with Crippen molar-refractivity contribution >= 4 is 33.4 Å². The number of halogens is 1. The Kier molecular flexibility index (Phi) is 3.56. The van der Waals surface area contributed by atoms with Gasteiger partial charge in [0, 0.05) is 12.2 Å². The molecule has 1 aromatic carbocycles. The minimum absolute atomic E-state index is 0.213. The van der Waals surface area contributed by atoms with Gasteiger partial charge in [-0.1, -0.05) is 6.07 Å². The van der Waals surface area contributed by atoms with Crippen LogP contribution in [-0.2, 0) is 4.79 Å². The van der Waals surface area contributed by atoms with Crippen LogP contribution in [0.3, 0.4) is 0 Å². The molecule has 0 aliphatic carbocycles. The number of carbonyl (C=O) groups is 2. The van der Waals surface area contributed by atoms with Gasteiger partial charge >= 0.3 is 0 Å². The number of nitrogens with zero attached hydrogens (tertiary/aromatic N) is 1. The maximum absolute atomic E-state index is 12.4. The largest absolute Gasteiger partial charge is 0.398 e. The van der Waals surface area contributed by atoms with Crippen LogP contribution < -0.4 is 11.5 Å². The van der Waals surface area contributed by atoms with Crippen molar-refractivity contribution < 1.29 is 9.59 Å². The minimum atomic E-state index is -0.508. The van der Waals surface area contributed by atoms with Gasteiger partial charge in [-0.05, 0) is 40.9 Å². The summed E-state index contributed by atoms with van der Waals surface area (Å²) in [5.74, 6) is -0.670. The predicted molar refractivity (Wildman–Crippen MR) is 71.8 cm³/mol. The highest BCUT2D eigenvalue weighted by Gasteiger charge is 2.33. The van der Waals surface area contributed by atoms with Crippen LogP contribution >= 0.6 is 15.9 Å². The molecule has 1 aromatic rings. The molecule has 2 rings (SSSR count). The second kappa shape index (κ2) is 4.97. The summed E-state index contributed by atoms with van der Waals surface area (Å²) in [4.78, 5) is 25.2. The number of rotatable bonds is 2. The second-order valence-corrected chi connectivity index (χ2v) is 5.06. The van der Waals surface area contributed by atoms with E-state index in [-0.39, 0.29) is 5.91 Å². The molecule has 1 saturated heterocycles. The quantitative estimate of drug-likeness (QED) is 0.802. The van der Waals surface area contributed by atoms with E-state index in [1.54, 1.807) is 18.2 Å². The van der Waals surface area contributed by atoms with Gasteiger partial charge in [-0.2, -0.15) is 0 Å². The van der Waals surface area contributed by atoms with Crippen molar-refractivity contribution in [2.24, 2.45) is 5.73 Å². The van der Waals surface area contributed by atoms with Crippen LogP contribution in [-0.4, -0.2) is 29.3 Å². The SMILES string of the molecule is NC(=O)C1CCCN1C(=O)c1cccc(N)c1Br. The zero-order valence-electron chi connectivity index (χ0n) is 9.73. The molecular formula is C12H14BrN3O2. The third-order valence-electron chi connectivity index (χ3n) is 3.10. The van der Waals surface area contributed by atoms with E-state index in [2.05, 4.69) is 15.9 Å². The number of carbonyl (C=O) groups excluding carboxylic acids is 2. The molecule has 0 aromatic heterocycles. The number of hydrogen-bond donors (Lipinski definition) is 2. The lowest BCUT2D eigenvalue weighted by molar-refractivity contribution is -0.121. The molecule has 1 fully saturated rings. The fourth-order valence-corrected chi connectivity index (χ4v) is 2.61. The van der Waals surface area contributed by atoms with Gasteiger partial charge in [-0.15, -0.1) is 0 Å². The summed E-state index contributed by atoms with van der Waals surface area (Å²) in [6, 6.07) is 4.59. The van der Waals surface area contributed by atoms with Crippen LogP contribution in [0.4, 0.5) is 5.69 Å². The highest BCUT2D eigenvalue weighted by Crippen LogP contribution is 2.27. The van der Waals surface area contributed by atoms with E-state index in [0.29, 0.717) is 28.7 Å². The van der Waals surface area contributed by atoms with Crippen molar-refractivity contribution in [3.8, 4) is 0 Å². The molecule has 1 unspecified atom stereocenters. The fourth-order valence-electron chi connectivity index (χ4n) is 2.18. The van der Waals surface area contributed by atoms with E-state index < -0.39 is 11.9 Å². The maximum atomic E-state index is 12.4. The van der Waals surface area contributed by atoms with E-state index >= 15 is 0 Å². The number of amides is 2. The van der Waals surface area contributed by atoms with Crippen LogP contribution in [0, 0.1) is 0 Å². The number of likely N-dealkylation sites (tertiary alicyclic amines) is 1. The van der Waals surface area contributed by atoms with Crippen LogP contribution in [0.15, 0.2) is 22.7 Å². The number of anilines is 1. The predicted octanol–water partition coefficient (Wildman–Crippen LogP) is 1.12. The van der Waals surface area contributed by atoms with Gasteiger partial charge in [0.15, 0.2) is 0 Å². The summed E-state index contributed by atoms with van der Waals surface area (Å²) in [7, 11) is 0. The van der Waals surface area contributed by atoms with Gasteiger partial charge in [0.1, 0.15) is 6.04 Å². The Morgan fingerprint density at radius 1 is 1.39 bits per heavy atom. The van der Waals surface area contributed by atoms with Gasteiger partial charge in [0.2, 0.25) is 5.91 Å². The van der Waals surface area contributed by atoms with Crippen LogP contribution in [0.5, 0.6) is 0 Å². The first-order valence-electron chi connectivity index (χ1n) is 5.66. The molecule has 4 N–H and O–H groups in total. The lowest BCUT2D eigenvalue weighted by Crippen LogP contribution is -2.43. The van der Waals surface area contributed by atoms with Gasteiger partial charge in [0.25, 0.3) is 5.91 Å². The topological polar surface area (TPSA) is 89.4 Å². The molecule has 96 valence electrons. The highest BCUT2D eigenvalue weighted by atomic mass is 79.9. The van der Waals surface area contributed by atoms with Crippen molar-refractivity contribution in [3.63, 3.8) is 0 Å². The summed E-state index contributed by atoms with van der Waals surface area (Å²) in [6.07, 6.45) is 1.42. The Morgan fingerprint density at radius 3 is 2.78 bits per heavy atom. The number of nitrogen functional groups attached to an aromatic ring is 1. The third kappa shape index (κ3) is 2.20. The summed E-state index contributed by atoms with van der Waals surface area (Å²) < 4.78 is 0.560. The molecule has 0 spiro atoms. The summed E-state index contributed by atoms with van der Waals surface area (Å²) in [5.41, 5.74) is 12.0. The van der Waals surface area contributed by atoms with Gasteiger partial charge in [-0.25, -0.2) is 0 Å². The number of primary amides is 1. The summed E-state index contributed by atoms with van der Waals surface area (Å²) in [5, 5.41) is 0. The lowest BCUT2D eigenvalue weighted by Gasteiger charge is -2.22. The van der Waals surface area contributed by atoms with Crippen LogP contribution in [0.1, 0.15) is 23.2 Å². The maximum Gasteiger partial charge on any atom is 0.255 e. The van der Waals surface area contributed by atoms with Gasteiger partial charge < -0.3 is 16.4 Å². The van der Waals surface area contributed by atoms with Crippen molar-refractivity contribution in [3.05, 3.63) is 28.2 Å². The molecule has 2 amide bonds. The number of nitrogens with two attached hydrogens (primary N) is 2. The Bertz CT molecular complexity index is 504. The summed E-state index contributed by atoms with van der Waals surface area (Å²) in [6.45, 7) is 0.549. The van der Waals surface area contributed by atoms with E-state index in [9.17, 15) is 9.59 Å². The molecule has 1 aliphatic rings. The van der Waals surface area contributed by atoms with E-state index in [1.807, 2.05) is 0 Å². The van der Waals surface area contributed by atoms with Crippen molar-refractivity contribution in [1.82, 2.24) is 4.90 Å². The zero-order chi connectivity index (χ0) is 13.3. The lowest BCUT2D eigenvalue weighted by atomic mass is 10.1. The minimum Gasteiger partial charge on any atom is -0.398 e. The number of benzene rings is 1. The average molecular weight is 312 g/mol. The Labute approximate surface area is 113 Å². The molecule has 5 nitrogen and oxygen atoms in total. The average Bonchev–Trinajstić information content (AvgIpc) is 2.81. The normalized spacial score (nSPS) is 18.9. The second-order valence-electron chi connectivity index (χ2n) is 4.27. The smallest absolute Gasteiger partial charge is 0.255 e.